The van der Waals surface area contributed by atoms with Gasteiger partial charge in [-0.05, 0) is 43.4 Å². The molecule has 2 heteroatoms. The van der Waals surface area contributed by atoms with Crippen LogP contribution in [-0.2, 0) is 0 Å². The summed E-state index contributed by atoms with van der Waals surface area (Å²) in [6.07, 6.45) is 7.14. The Morgan fingerprint density at radius 1 is 1.33 bits per heavy atom. The van der Waals surface area contributed by atoms with Gasteiger partial charge in [0.1, 0.15) is 5.75 Å². The zero-order chi connectivity index (χ0) is 12.8. The molecule has 0 heterocycles. The quantitative estimate of drug-likeness (QED) is 0.821. The normalized spacial score (nSPS) is 17.9. The first-order valence-electron chi connectivity index (χ1n) is 7.20. The molecule has 2 nitrogen and oxygen atoms in total. The Hall–Kier alpha value is -1.02. The lowest BCUT2D eigenvalue weighted by molar-refractivity contribution is 0.156. The fourth-order valence-electron chi connectivity index (χ4n) is 2.84. The van der Waals surface area contributed by atoms with Gasteiger partial charge in [-0.3, -0.25) is 0 Å². The number of benzene rings is 1. The molecule has 0 bridgehead atoms. The average Bonchev–Trinajstić information content (AvgIpc) is 2.90. The van der Waals surface area contributed by atoms with Crippen LogP contribution < -0.4 is 4.74 Å². The Kier molecular flexibility index (Phi) is 5.06. The molecule has 1 aliphatic rings. The van der Waals surface area contributed by atoms with Crippen molar-refractivity contribution in [2.45, 2.75) is 51.6 Å². The van der Waals surface area contributed by atoms with Gasteiger partial charge >= 0.3 is 0 Å². The first kappa shape index (κ1) is 13.4. The second-order valence-electron chi connectivity index (χ2n) is 5.25. The Labute approximate surface area is 110 Å². The summed E-state index contributed by atoms with van der Waals surface area (Å²) in [6.45, 7) is 2.64. The molecule has 1 N–H and O–H groups in total. The number of aliphatic hydroxyl groups is 1. The first-order chi connectivity index (χ1) is 8.79. The predicted molar refractivity (Wildman–Crippen MR) is 73.8 cm³/mol. The van der Waals surface area contributed by atoms with Gasteiger partial charge in [-0.2, -0.15) is 0 Å². The highest BCUT2D eigenvalue weighted by atomic mass is 16.5. The number of ether oxygens (including phenoxy) is 1. The van der Waals surface area contributed by atoms with Crippen LogP contribution >= 0.6 is 0 Å². The van der Waals surface area contributed by atoms with Crippen LogP contribution in [-0.4, -0.2) is 11.7 Å². The molecule has 1 unspecified atom stereocenters. The van der Waals surface area contributed by atoms with Crippen molar-refractivity contribution >= 4 is 0 Å². The number of hydrogen-bond donors (Lipinski definition) is 1. The molecule has 1 aliphatic carbocycles. The van der Waals surface area contributed by atoms with E-state index in [-0.39, 0.29) is 6.10 Å². The van der Waals surface area contributed by atoms with E-state index in [1.54, 1.807) is 0 Å². The molecule has 100 valence electrons. The summed E-state index contributed by atoms with van der Waals surface area (Å²) in [7, 11) is 0. The summed E-state index contributed by atoms with van der Waals surface area (Å²) in [5.41, 5.74) is 0.985. The molecular weight excluding hydrogens is 224 g/mol. The largest absolute Gasteiger partial charge is 0.494 e. The van der Waals surface area contributed by atoms with Crippen molar-refractivity contribution < 1.29 is 9.84 Å². The van der Waals surface area contributed by atoms with Gasteiger partial charge in [0.05, 0.1) is 12.7 Å². The van der Waals surface area contributed by atoms with Crippen LogP contribution in [0.4, 0.5) is 0 Å². The fourth-order valence-corrected chi connectivity index (χ4v) is 2.84. The van der Waals surface area contributed by atoms with E-state index in [2.05, 4.69) is 0 Å². The van der Waals surface area contributed by atoms with Crippen LogP contribution in [0.1, 0.15) is 57.1 Å². The minimum atomic E-state index is -0.342. The Bertz CT molecular complexity index is 356. The summed E-state index contributed by atoms with van der Waals surface area (Å²) in [5, 5.41) is 10.2. The highest BCUT2D eigenvalue weighted by Gasteiger charge is 2.17. The van der Waals surface area contributed by atoms with E-state index in [9.17, 15) is 5.11 Å². The number of hydrogen-bond acceptors (Lipinski definition) is 2. The van der Waals surface area contributed by atoms with E-state index in [4.69, 9.17) is 4.74 Å². The Balaban J connectivity index is 1.86. The highest BCUT2D eigenvalue weighted by Crippen LogP contribution is 2.31. The van der Waals surface area contributed by atoms with Crippen molar-refractivity contribution in [3.63, 3.8) is 0 Å². The predicted octanol–water partition coefficient (Wildman–Crippen LogP) is 4.09. The number of aliphatic hydroxyl groups excluding tert-OH is 1. The summed E-state index contributed by atoms with van der Waals surface area (Å²) in [5.74, 6) is 1.70. The average molecular weight is 248 g/mol. The zero-order valence-electron chi connectivity index (χ0n) is 11.3. The molecule has 2 rings (SSSR count). The monoisotopic (exact) mass is 248 g/mol. The molecule has 1 aromatic rings. The van der Waals surface area contributed by atoms with E-state index < -0.39 is 0 Å². The summed E-state index contributed by atoms with van der Waals surface area (Å²) >= 11 is 0. The third kappa shape index (κ3) is 3.74. The maximum atomic E-state index is 10.2. The molecule has 1 atom stereocenters. The Morgan fingerprint density at radius 3 is 2.83 bits per heavy atom. The van der Waals surface area contributed by atoms with Crippen molar-refractivity contribution in [2.24, 2.45) is 5.92 Å². The summed E-state index contributed by atoms with van der Waals surface area (Å²) < 4.78 is 5.46. The third-order valence-corrected chi connectivity index (χ3v) is 3.88. The maximum absolute atomic E-state index is 10.2. The van der Waals surface area contributed by atoms with E-state index >= 15 is 0 Å². The lowest BCUT2D eigenvalue weighted by Gasteiger charge is -2.15. The topological polar surface area (TPSA) is 29.5 Å². The summed E-state index contributed by atoms with van der Waals surface area (Å²) in [4.78, 5) is 0. The van der Waals surface area contributed by atoms with Crippen LogP contribution in [0.3, 0.4) is 0 Å². The molecule has 0 radical (unpaired) electrons. The van der Waals surface area contributed by atoms with Gasteiger partial charge < -0.3 is 9.84 Å². The molecule has 1 fully saturated rings. The van der Waals surface area contributed by atoms with Gasteiger partial charge in [0.2, 0.25) is 0 Å². The van der Waals surface area contributed by atoms with Crippen molar-refractivity contribution in [2.75, 3.05) is 6.61 Å². The smallest absolute Gasteiger partial charge is 0.119 e. The van der Waals surface area contributed by atoms with E-state index in [1.807, 2.05) is 31.2 Å². The highest BCUT2D eigenvalue weighted by molar-refractivity contribution is 5.29. The van der Waals surface area contributed by atoms with Gasteiger partial charge in [0, 0.05) is 0 Å². The molecule has 18 heavy (non-hydrogen) atoms. The van der Waals surface area contributed by atoms with Crippen LogP contribution in [0.25, 0.3) is 0 Å². The van der Waals surface area contributed by atoms with Gasteiger partial charge in [-0.1, -0.05) is 37.8 Å². The molecule has 1 saturated carbocycles. The third-order valence-electron chi connectivity index (χ3n) is 3.88. The van der Waals surface area contributed by atoms with E-state index in [1.165, 1.54) is 25.7 Å². The molecular formula is C16H24O2. The van der Waals surface area contributed by atoms with Crippen molar-refractivity contribution in [3.05, 3.63) is 29.8 Å². The van der Waals surface area contributed by atoms with Gasteiger partial charge in [-0.25, -0.2) is 0 Å². The molecule has 0 saturated heterocycles. The molecule has 0 spiro atoms. The van der Waals surface area contributed by atoms with Crippen molar-refractivity contribution in [3.8, 4) is 5.75 Å². The van der Waals surface area contributed by atoms with Crippen LogP contribution in [0, 0.1) is 5.92 Å². The van der Waals surface area contributed by atoms with Crippen molar-refractivity contribution in [1.82, 2.24) is 0 Å². The van der Waals surface area contributed by atoms with Crippen LogP contribution in [0.15, 0.2) is 24.3 Å². The van der Waals surface area contributed by atoms with Crippen molar-refractivity contribution in [1.29, 1.82) is 0 Å². The summed E-state index contributed by atoms with van der Waals surface area (Å²) in [6, 6.07) is 7.85. The Morgan fingerprint density at radius 2 is 2.11 bits per heavy atom. The SMILES string of the molecule is CCOc1cccc(C(O)CCC2CCCC2)c1. The second-order valence-corrected chi connectivity index (χ2v) is 5.25. The lowest BCUT2D eigenvalue weighted by atomic mass is 9.96. The van der Waals surface area contributed by atoms with E-state index in [0.717, 1.165) is 30.1 Å². The molecule has 0 aliphatic heterocycles. The first-order valence-corrected chi connectivity index (χ1v) is 7.20. The van der Waals surface area contributed by atoms with E-state index in [0.29, 0.717) is 6.61 Å². The molecule has 0 aromatic heterocycles. The second kappa shape index (κ2) is 6.79. The minimum Gasteiger partial charge on any atom is -0.494 e. The lowest BCUT2D eigenvalue weighted by Crippen LogP contribution is -2.02. The van der Waals surface area contributed by atoms with Gasteiger partial charge in [-0.15, -0.1) is 0 Å². The number of rotatable bonds is 6. The van der Waals surface area contributed by atoms with Gasteiger partial charge in [0.15, 0.2) is 0 Å². The standard InChI is InChI=1S/C16H24O2/c1-2-18-15-9-5-8-14(12-15)16(17)11-10-13-6-3-4-7-13/h5,8-9,12-13,16-17H,2-4,6-7,10-11H2,1H3. The minimum absolute atomic E-state index is 0.342. The molecule has 0 amide bonds. The maximum Gasteiger partial charge on any atom is 0.119 e. The van der Waals surface area contributed by atoms with Crippen LogP contribution in [0.5, 0.6) is 5.75 Å². The van der Waals surface area contributed by atoms with Gasteiger partial charge in [0.25, 0.3) is 0 Å². The van der Waals surface area contributed by atoms with Crippen LogP contribution in [0.2, 0.25) is 0 Å². The molecule has 1 aromatic carbocycles. The zero-order valence-corrected chi connectivity index (χ0v) is 11.3. The fraction of sp³-hybridized carbons (Fsp3) is 0.625.